The summed E-state index contributed by atoms with van der Waals surface area (Å²) >= 11 is 4.93. The van der Waals surface area contributed by atoms with Gasteiger partial charge in [-0.05, 0) is 30.4 Å². The van der Waals surface area contributed by atoms with Crippen LogP contribution in [0.25, 0.3) is 0 Å². The quantitative estimate of drug-likeness (QED) is 0.798. The van der Waals surface area contributed by atoms with E-state index >= 15 is 0 Å². The van der Waals surface area contributed by atoms with Gasteiger partial charge in [0, 0.05) is 18.0 Å². The number of nitrogens with two attached hydrogens (primary N) is 1. The molecule has 1 fully saturated rings. The third-order valence-corrected chi connectivity index (χ3v) is 3.66. The second-order valence-electron chi connectivity index (χ2n) is 4.91. The minimum atomic E-state index is 0.128. The Morgan fingerprint density at radius 1 is 1.56 bits per heavy atom. The summed E-state index contributed by atoms with van der Waals surface area (Å²) in [5.41, 5.74) is 7.44. The number of carbonyl (C=O) groups is 1. The van der Waals surface area contributed by atoms with E-state index in [0.29, 0.717) is 17.5 Å². The van der Waals surface area contributed by atoms with E-state index < -0.39 is 0 Å². The molecule has 0 radical (unpaired) electrons. The van der Waals surface area contributed by atoms with Gasteiger partial charge in [0.1, 0.15) is 4.99 Å². The maximum absolute atomic E-state index is 11.9. The van der Waals surface area contributed by atoms with Crippen LogP contribution in [0.3, 0.4) is 0 Å². The molecular weight excluding hydrogens is 244 g/mol. The van der Waals surface area contributed by atoms with Gasteiger partial charge in [-0.2, -0.15) is 0 Å². The SMILES string of the molecule is CC(C(=O)NCc1cccc(C(N)=S)c1)C1CC1. The van der Waals surface area contributed by atoms with Crippen LogP contribution >= 0.6 is 12.2 Å². The molecule has 0 aliphatic heterocycles. The molecule has 18 heavy (non-hydrogen) atoms. The first kappa shape index (κ1) is 13.0. The molecule has 1 amide bonds. The first-order valence-electron chi connectivity index (χ1n) is 6.24. The standard InChI is InChI=1S/C14H18N2OS/c1-9(11-5-6-11)14(17)16-8-10-3-2-4-12(7-10)13(15)18/h2-4,7,9,11H,5-6,8H2,1H3,(H2,15,18)(H,16,17). The average molecular weight is 262 g/mol. The van der Waals surface area contributed by atoms with E-state index in [0.717, 1.165) is 11.1 Å². The normalized spacial score (nSPS) is 16.1. The number of rotatable bonds is 5. The average Bonchev–Trinajstić information content (AvgIpc) is 3.19. The third-order valence-electron chi connectivity index (χ3n) is 3.42. The van der Waals surface area contributed by atoms with Crippen molar-refractivity contribution < 1.29 is 4.79 Å². The topological polar surface area (TPSA) is 55.1 Å². The lowest BCUT2D eigenvalue weighted by atomic mass is 10.1. The first-order chi connectivity index (χ1) is 8.58. The van der Waals surface area contributed by atoms with Crippen molar-refractivity contribution >= 4 is 23.1 Å². The Morgan fingerprint density at radius 3 is 2.89 bits per heavy atom. The van der Waals surface area contributed by atoms with Crippen molar-refractivity contribution in [1.29, 1.82) is 0 Å². The zero-order valence-electron chi connectivity index (χ0n) is 10.5. The highest BCUT2D eigenvalue weighted by Crippen LogP contribution is 2.36. The fourth-order valence-electron chi connectivity index (χ4n) is 2.00. The molecule has 1 atom stereocenters. The van der Waals surface area contributed by atoms with E-state index in [1.54, 1.807) is 0 Å². The smallest absolute Gasteiger partial charge is 0.223 e. The Hall–Kier alpha value is -1.42. The van der Waals surface area contributed by atoms with Crippen LogP contribution in [0.2, 0.25) is 0 Å². The van der Waals surface area contributed by atoms with Gasteiger partial charge >= 0.3 is 0 Å². The Bertz CT molecular complexity index is 469. The summed E-state index contributed by atoms with van der Waals surface area (Å²) in [5.74, 6) is 0.856. The van der Waals surface area contributed by atoms with Crippen LogP contribution in [-0.4, -0.2) is 10.9 Å². The summed E-state index contributed by atoms with van der Waals surface area (Å²) in [6, 6.07) is 7.66. The van der Waals surface area contributed by atoms with E-state index in [9.17, 15) is 4.79 Å². The lowest BCUT2D eigenvalue weighted by molar-refractivity contribution is -0.125. The van der Waals surface area contributed by atoms with Crippen LogP contribution < -0.4 is 11.1 Å². The van der Waals surface area contributed by atoms with Gasteiger partial charge < -0.3 is 11.1 Å². The van der Waals surface area contributed by atoms with Crippen LogP contribution in [0, 0.1) is 11.8 Å². The first-order valence-corrected chi connectivity index (χ1v) is 6.65. The zero-order chi connectivity index (χ0) is 13.1. The van der Waals surface area contributed by atoms with Crippen molar-refractivity contribution in [2.24, 2.45) is 17.6 Å². The molecule has 1 aliphatic carbocycles. The van der Waals surface area contributed by atoms with Crippen LogP contribution in [-0.2, 0) is 11.3 Å². The summed E-state index contributed by atoms with van der Waals surface area (Å²) in [4.78, 5) is 12.2. The number of thiocarbonyl (C=S) groups is 1. The largest absolute Gasteiger partial charge is 0.389 e. The van der Waals surface area contributed by atoms with E-state index in [1.807, 2.05) is 31.2 Å². The van der Waals surface area contributed by atoms with Gasteiger partial charge in [0.15, 0.2) is 0 Å². The molecule has 1 unspecified atom stereocenters. The van der Waals surface area contributed by atoms with E-state index in [1.165, 1.54) is 12.8 Å². The molecule has 1 aromatic carbocycles. The third kappa shape index (κ3) is 3.29. The minimum absolute atomic E-state index is 0.128. The minimum Gasteiger partial charge on any atom is -0.389 e. The Labute approximate surface area is 113 Å². The van der Waals surface area contributed by atoms with Gasteiger partial charge in [0.05, 0.1) is 0 Å². The number of hydrogen-bond acceptors (Lipinski definition) is 2. The van der Waals surface area contributed by atoms with Crippen LogP contribution in [0.15, 0.2) is 24.3 Å². The van der Waals surface area contributed by atoms with E-state index in [-0.39, 0.29) is 11.8 Å². The molecule has 3 nitrogen and oxygen atoms in total. The summed E-state index contributed by atoms with van der Waals surface area (Å²) in [7, 11) is 0. The maximum Gasteiger partial charge on any atom is 0.223 e. The number of nitrogens with one attached hydrogen (secondary N) is 1. The summed E-state index contributed by atoms with van der Waals surface area (Å²) in [6.45, 7) is 2.53. The van der Waals surface area contributed by atoms with Crippen LogP contribution in [0.1, 0.15) is 30.9 Å². The van der Waals surface area contributed by atoms with Gasteiger partial charge in [-0.15, -0.1) is 0 Å². The zero-order valence-corrected chi connectivity index (χ0v) is 11.3. The molecule has 1 aliphatic rings. The maximum atomic E-state index is 11.9. The molecule has 4 heteroatoms. The number of benzene rings is 1. The molecule has 0 saturated heterocycles. The second kappa shape index (κ2) is 5.48. The second-order valence-corrected chi connectivity index (χ2v) is 5.35. The Kier molecular flexibility index (Phi) is 3.97. The molecule has 0 spiro atoms. The fraction of sp³-hybridized carbons (Fsp3) is 0.429. The number of hydrogen-bond donors (Lipinski definition) is 2. The van der Waals surface area contributed by atoms with Crippen molar-refractivity contribution in [3.05, 3.63) is 35.4 Å². The molecule has 2 rings (SSSR count). The van der Waals surface area contributed by atoms with E-state index in [4.69, 9.17) is 18.0 Å². The Morgan fingerprint density at radius 2 is 2.28 bits per heavy atom. The molecule has 0 bridgehead atoms. The molecule has 3 N–H and O–H groups in total. The molecule has 1 aromatic rings. The highest BCUT2D eigenvalue weighted by molar-refractivity contribution is 7.80. The van der Waals surface area contributed by atoms with Gasteiger partial charge in [0.25, 0.3) is 0 Å². The summed E-state index contributed by atoms with van der Waals surface area (Å²) in [6.07, 6.45) is 2.37. The van der Waals surface area contributed by atoms with Gasteiger partial charge in [0.2, 0.25) is 5.91 Å². The van der Waals surface area contributed by atoms with Crippen molar-refractivity contribution in [3.63, 3.8) is 0 Å². The highest BCUT2D eigenvalue weighted by Gasteiger charge is 2.32. The predicted molar refractivity (Wildman–Crippen MR) is 76.1 cm³/mol. The predicted octanol–water partition coefficient (Wildman–Crippen LogP) is 1.98. The van der Waals surface area contributed by atoms with Crippen LogP contribution in [0.4, 0.5) is 0 Å². The van der Waals surface area contributed by atoms with Crippen molar-refractivity contribution in [2.45, 2.75) is 26.3 Å². The van der Waals surface area contributed by atoms with Crippen molar-refractivity contribution in [1.82, 2.24) is 5.32 Å². The summed E-state index contributed by atoms with van der Waals surface area (Å²) in [5, 5.41) is 2.96. The highest BCUT2D eigenvalue weighted by atomic mass is 32.1. The van der Waals surface area contributed by atoms with Gasteiger partial charge in [-0.25, -0.2) is 0 Å². The molecular formula is C14H18N2OS. The number of carbonyl (C=O) groups excluding carboxylic acids is 1. The Balaban J connectivity index is 1.91. The molecule has 1 saturated carbocycles. The van der Waals surface area contributed by atoms with Crippen LogP contribution in [0.5, 0.6) is 0 Å². The van der Waals surface area contributed by atoms with E-state index in [2.05, 4.69) is 5.32 Å². The fourth-order valence-corrected chi connectivity index (χ4v) is 2.12. The lowest BCUT2D eigenvalue weighted by Crippen LogP contribution is -2.29. The molecule has 0 heterocycles. The molecule has 0 aromatic heterocycles. The number of amides is 1. The van der Waals surface area contributed by atoms with Crippen molar-refractivity contribution in [3.8, 4) is 0 Å². The monoisotopic (exact) mass is 262 g/mol. The van der Waals surface area contributed by atoms with Gasteiger partial charge in [-0.3, -0.25) is 4.79 Å². The van der Waals surface area contributed by atoms with Gasteiger partial charge in [-0.1, -0.05) is 37.3 Å². The van der Waals surface area contributed by atoms with Crippen molar-refractivity contribution in [2.75, 3.05) is 0 Å². The lowest BCUT2D eigenvalue weighted by Gasteiger charge is -2.11. The molecule has 96 valence electrons. The summed E-state index contributed by atoms with van der Waals surface area (Å²) < 4.78 is 0.